The highest BCUT2D eigenvalue weighted by atomic mass is 35.5. The lowest BCUT2D eigenvalue weighted by molar-refractivity contribution is 0.505. The lowest BCUT2D eigenvalue weighted by atomic mass is 10.4. The van der Waals surface area contributed by atoms with Crippen molar-refractivity contribution in [2.24, 2.45) is 0 Å². The maximum atomic E-state index is 5.69. The van der Waals surface area contributed by atoms with E-state index in [1.165, 1.54) is 0 Å². The van der Waals surface area contributed by atoms with E-state index in [2.05, 4.69) is 14.9 Å². The van der Waals surface area contributed by atoms with Crippen molar-refractivity contribution < 1.29 is 0 Å². The molecular weight excluding hydrogens is 150 g/mol. The van der Waals surface area contributed by atoms with Gasteiger partial charge in [0.2, 0.25) is 0 Å². The largest absolute Gasteiger partial charge is 0.331 e. The predicted octanol–water partition coefficient (Wildman–Crippen LogP) is 0.640. The summed E-state index contributed by atoms with van der Waals surface area (Å²) in [5, 5.41) is 3.81. The van der Waals surface area contributed by atoms with E-state index in [1.807, 2.05) is 6.20 Å². The van der Waals surface area contributed by atoms with Gasteiger partial charge in [0.15, 0.2) is 0 Å². The SMILES string of the molecule is Clc1cn2c(n1)CNCC2. The van der Waals surface area contributed by atoms with Crippen LogP contribution in [-0.4, -0.2) is 16.1 Å². The monoisotopic (exact) mass is 157 g/mol. The lowest BCUT2D eigenvalue weighted by Gasteiger charge is -2.13. The maximum Gasteiger partial charge on any atom is 0.147 e. The Bertz CT molecular complexity index is 220. The molecule has 2 heterocycles. The van der Waals surface area contributed by atoms with Crippen LogP contribution in [0.2, 0.25) is 5.15 Å². The normalized spacial score (nSPS) is 16.9. The van der Waals surface area contributed by atoms with Crippen molar-refractivity contribution >= 4 is 11.6 Å². The molecule has 0 aliphatic carbocycles. The third kappa shape index (κ3) is 0.914. The number of aromatic nitrogens is 2. The Kier molecular flexibility index (Phi) is 1.39. The van der Waals surface area contributed by atoms with Crippen LogP contribution in [0, 0.1) is 0 Å². The summed E-state index contributed by atoms with van der Waals surface area (Å²) in [7, 11) is 0. The molecule has 1 aliphatic heterocycles. The van der Waals surface area contributed by atoms with Crippen LogP contribution < -0.4 is 5.32 Å². The molecule has 3 nitrogen and oxygen atoms in total. The van der Waals surface area contributed by atoms with Crippen molar-refractivity contribution in [2.45, 2.75) is 13.1 Å². The average Bonchev–Trinajstić information content (AvgIpc) is 2.27. The van der Waals surface area contributed by atoms with Crippen LogP contribution >= 0.6 is 11.6 Å². The number of nitrogens with one attached hydrogen (secondary N) is 1. The molecule has 1 N–H and O–H groups in total. The van der Waals surface area contributed by atoms with Crippen molar-refractivity contribution in [3.05, 3.63) is 17.2 Å². The van der Waals surface area contributed by atoms with E-state index in [0.29, 0.717) is 5.15 Å². The maximum absolute atomic E-state index is 5.69. The third-order valence-electron chi connectivity index (χ3n) is 1.64. The minimum absolute atomic E-state index is 0.596. The van der Waals surface area contributed by atoms with Gasteiger partial charge < -0.3 is 9.88 Å². The van der Waals surface area contributed by atoms with Gasteiger partial charge in [-0.15, -0.1) is 0 Å². The van der Waals surface area contributed by atoms with Crippen LogP contribution in [0.15, 0.2) is 6.20 Å². The van der Waals surface area contributed by atoms with Crippen LogP contribution in [0.5, 0.6) is 0 Å². The van der Waals surface area contributed by atoms with Gasteiger partial charge in [-0.2, -0.15) is 0 Å². The third-order valence-corrected chi connectivity index (χ3v) is 1.82. The first-order valence-corrected chi connectivity index (χ1v) is 3.66. The van der Waals surface area contributed by atoms with Crippen molar-refractivity contribution in [1.29, 1.82) is 0 Å². The van der Waals surface area contributed by atoms with E-state index in [-0.39, 0.29) is 0 Å². The van der Waals surface area contributed by atoms with Gasteiger partial charge in [-0.25, -0.2) is 4.98 Å². The molecule has 0 unspecified atom stereocenters. The molecule has 0 amide bonds. The van der Waals surface area contributed by atoms with Crippen molar-refractivity contribution in [2.75, 3.05) is 6.54 Å². The smallest absolute Gasteiger partial charge is 0.147 e. The van der Waals surface area contributed by atoms with E-state index >= 15 is 0 Å². The second-order valence-electron chi connectivity index (χ2n) is 2.35. The molecule has 1 aromatic rings. The van der Waals surface area contributed by atoms with Crippen LogP contribution in [-0.2, 0) is 13.1 Å². The van der Waals surface area contributed by atoms with E-state index in [4.69, 9.17) is 11.6 Å². The Morgan fingerprint density at radius 1 is 1.70 bits per heavy atom. The van der Waals surface area contributed by atoms with Gasteiger partial charge in [0.1, 0.15) is 11.0 Å². The molecule has 0 aromatic carbocycles. The van der Waals surface area contributed by atoms with E-state index in [1.54, 1.807) is 0 Å². The Morgan fingerprint density at radius 2 is 2.60 bits per heavy atom. The van der Waals surface area contributed by atoms with Gasteiger partial charge in [0.05, 0.1) is 6.54 Å². The summed E-state index contributed by atoms with van der Waals surface area (Å²) in [5.41, 5.74) is 0. The van der Waals surface area contributed by atoms with Gasteiger partial charge in [0.25, 0.3) is 0 Å². The van der Waals surface area contributed by atoms with E-state index < -0.39 is 0 Å². The molecule has 1 aromatic heterocycles. The fourth-order valence-corrected chi connectivity index (χ4v) is 1.37. The fourth-order valence-electron chi connectivity index (χ4n) is 1.15. The number of fused-ring (bicyclic) bond motifs is 1. The van der Waals surface area contributed by atoms with E-state index in [0.717, 1.165) is 25.5 Å². The minimum Gasteiger partial charge on any atom is -0.331 e. The average molecular weight is 158 g/mol. The summed E-state index contributed by atoms with van der Waals surface area (Å²) < 4.78 is 2.08. The zero-order valence-corrected chi connectivity index (χ0v) is 6.23. The number of rotatable bonds is 0. The summed E-state index contributed by atoms with van der Waals surface area (Å²) in [6, 6.07) is 0. The highest BCUT2D eigenvalue weighted by Gasteiger charge is 2.09. The van der Waals surface area contributed by atoms with E-state index in [9.17, 15) is 0 Å². The van der Waals surface area contributed by atoms with Crippen molar-refractivity contribution in [1.82, 2.24) is 14.9 Å². The van der Waals surface area contributed by atoms with Crippen LogP contribution in [0.4, 0.5) is 0 Å². The minimum atomic E-state index is 0.596. The number of nitrogens with zero attached hydrogens (tertiary/aromatic N) is 2. The molecule has 4 heteroatoms. The molecule has 0 bridgehead atoms. The molecule has 0 spiro atoms. The molecule has 1 aliphatic rings. The Hall–Kier alpha value is -0.540. The number of imidazole rings is 1. The van der Waals surface area contributed by atoms with Crippen LogP contribution in [0.1, 0.15) is 5.82 Å². The molecule has 0 fully saturated rings. The molecule has 2 rings (SSSR count). The second-order valence-corrected chi connectivity index (χ2v) is 2.74. The van der Waals surface area contributed by atoms with Gasteiger partial charge in [-0.05, 0) is 0 Å². The van der Waals surface area contributed by atoms with Gasteiger partial charge in [0, 0.05) is 19.3 Å². The van der Waals surface area contributed by atoms with Crippen LogP contribution in [0.3, 0.4) is 0 Å². The van der Waals surface area contributed by atoms with Gasteiger partial charge in [-0.1, -0.05) is 11.6 Å². The summed E-state index contributed by atoms with van der Waals surface area (Å²) >= 11 is 5.69. The topological polar surface area (TPSA) is 29.9 Å². The van der Waals surface area contributed by atoms with Crippen molar-refractivity contribution in [3.63, 3.8) is 0 Å². The Morgan fingerprint density at radius 3 is 3.40 bits per heavy atom. The van der Waals surface area contributed by atoms with Crippen LogP contribution in [0.25, 0.3) is 0 Å². The Balaban J connectivity index is 2.41. The van der Waals surface area contributed by atoms with Gasteiger partial charge in [-0.3, -0.25) is 0 Å². The molecule has 0 saturated carbocycles. The fraction of sp³-hybridized carbons (Fsp3) is 0.500. The predicted molar refractivity (Wildman–Crippen MR) is 38.9 cm³/mol. The number of hydrogen-bond donors (Lipinski definition) is 1. The molecule has 0 saturated heterocycles. The summed E-state index contributed by atoms with van der Waals surface area (Å²) in [5.74, 6) is 1.04. The second kappa shape index (κ2) is 2.25. The summed E-state index contributed by atoms with van der Waals surface area (Å²) in [4.78, 5) is 4.12. The molecule has 10 heavy (non-hydrogen) atoms. The Labute approximate surface area is 64.0 Å². The molecular formula is C6H8ClN3. The summed E-state index contributed by atoms with van der Waals surface area (Å²) in [6.07, 6.45) is 1.87. The standard InChI is InChI=1S/C6H8ClN3/c7-5-4-10-2-1-8-3-6(10)9-5/h4,8H,1-3H2. The lowest BCUT2D eigenvalue weighted by Crippen LogP contribution is -2.27. The number of halogens is 1. The summed E-state index contributed by atoms with van der Waals surface area (Å²) in [6.45, 7) is 2.83. The first kappa shape index (κ1) is 6.19. The zero-order valence-electron chi connectivity index (χ0n) is 5.47. The molecule has 0 radical (unpaired) electrons. The molecule has 54 valence electrons. The highest BCUT2D eigenvalue weighted by molar-refractivity contribution is 6.29. The first-order valence-electron chi connectivity index (χ1n) is 3.28. The molecule has 0 atom stereocenters. The van der Waals surface area contributed by atoms with Crippen molar-refractivity contribution in [3.8, 4) is 0 Å². The zero-order chi connectivity index (χ0) is 6.97. The number of hydrogen-bond acceptors (Lipinski definition) is 2. The quantitative estimate of drug-likeness (QED) is 0.599. The highest BCUT2D eigenvalue weighted by Crippen LogP contribution is 2.10. The van der Waals surface area contributed by atoms with Gasteiger partial charge >= 0.3 is 0 Å². The first-order chi connectivity index (χ1) is 4.86.